The number of rotatable bonds is 5. The van der Waals surface area contributed by atoms with Gasteiger partial charge < -0.3 is 14.6 Å². The van der Waals surface area contributed by atoms with Crippen LogP contribution in [0.3, 0.4) is 0 Å². The Morgan fingerprint density at radius 2 is 2.15 bits per heavy atom. The fourth-order valence-electron chi connectivity index (χ4n) is 1.85. The molecule has 106 valence electrons. The van der Waals surface area contributed by atoms with Crippen LogP contribution in [0, 0.1) is 0 Å². The first-order chi connectivity index (χ1) is 9.61. The highest BCUT2D eigenvalue weighted by atomic mass is 79.9. The van der Waals surface area contributed by atoms with Gasteiger partial charge in [-0.25, -0.2) is 4.98 Å². The van der Waals surface area contributed by atoms with E-state index in [2.05, 4.69) is 20.9 Å². The maximum atomic E-state index is 9.76. The number of pyridine rings is 1. The lowest BCUT2D eigenvalue weighted by molar-refractivity contribution is 0.189. The van der Waals surface area contributed by atoms with E-state index in [-0.39, 0.29) is 0 Å². The molecule has 0 unspecified atom stereocenters. The molecule has 5 heteroatoms. The van der Waals surface area contributed by atoms with Gasteiger partial charge in [0, 0.05) is 16.2 Å². The summed E-state index contributed by atoms with van der Waals surface area (Å²) in [5.41, 5.74) is 1.60. The summed E-state index contributed by atoms with van der Waals surface area (Å²) in [5.74, 6) is 1.18. The Bertz CT molecular complexity index is 587. The van der Waals surface area contributed by atoms with Crippen molar-refractivity contribution in [3.05, 3.63) is 52.1 Å². The standard InChI is InChI=1S/C15H16BrNO3/c1-10(18)13-6-5-12(16)8-14(13)20-9-11-4-3-7-17-15(11)19-2/h3-8,10,18H,9H2,1-2H3/t10-/m0/s1. The van der Waals surface area contributed by atoms with Gasteiger partial charge in [-0.15, -0.1) is 0 Å². The highest BCUT2D eigenvalue weighted by Crippen LogP contribution is 2.29. The molecular formula is C15H16BrNO3. The molecule has 2 rings (SSSR count). The van der Waals surface area contributed by atoms with Gasteiger partial charge in [0.05, 0.1) is 18.8 Å². The molecule has 0 radical (unpaired) electrons. The largest absolute Gasteiger partial charge is 0.488 e. The van der Waals surface area contributed by atoms with Gasteiger partial charge in [-0.05, 0) is 31.2 Å². The summed E-state index contributed by atoms with van der Waals surface area (Å²) >= 11 is 3.40. The minimum absolute atomic E-state index is 0.327. The fourth-order valence-corrected chi connectivity index (χ4v) is 2.19. The molecule has 0 aliphatic carbocycles. The van der Waals surface area contributed by atoms with Crippen molar-refractivity contribution in [2.45, 2.75) is 19.6 Å². The maximum Gasteiger partial charge on any atom is 0.219 e. The summed E-state index contributed by atoms with van der Waals surface area (Å²) in [6.45, 7) is 2.04. The number of aliphatic hydroxyl groups excluding tert-OH is 1. The molecule has 0 saturated heterocycles. The first-order valence-electron chi connectivity index (χ1n) is 6.20. The van der Waals surface area contributed by atoms with E-state index in [0.717, 1.165) is 15.6 Å². The molecule has 0 saturated carbocycles. The van der Waals surface area contributed by atoms with Crippen LogP contribution < -0.4 is 9.47 Å². The maximum absolute atomic E-state index is 9.76. The Balaban J connectivity index is 2.20. The lowest BCUT2D eigenvalue weighted by atomic mass is 10.1. The second-order valence-corrected chi connectivity index (χ2v) is 5.23. The summed E-state index contributed by atoms with van der Waals surface area (Å²) < 4.78 is 11.9. The van der Waals surface area contributed by atoms with Crippen LogP contribution in [0.15, 0.2) is 41.0 Å². The lowest BCUT2D eigenvalue weighted by Crippen LogP contribution is -2.03. The number of halogens is 1. The zero-order valence-corrected chi connectivity index (χ0v) is 12.9. The van der Waals surface area contributed by atoms with Crippen LogP contribution >= 0.6 is 15.9 Å². The molecule has 1 N–H and O–H groups in total. The number of benzene rings is 1. The predicted octanol–water partition coefficient (Wildman–Crippen LogP) is 3.49. The van der Waals surface area contributed by atoms with Crippen molar-refractivity contribution in [2.75, 3.05) is 7.11 Å². The van der Waals surface area contributed by atoms with Gasteiger partial charge in [0.25, 0.3) is 0 Å². The third kappa shape index (κ3) is 3.49. The SMILES string of the molecule is COc1ncccc1COc1cc(Br)ccc1[C@H](C)O. The first-order valence-corrected chi connectivity index (χ1v) is 6.99. The number of hydrogen-bond acceptors (Lipinski definition) is 4. The second-order valence-electron chi connectivity index (χ2n) is 4.32. The van der Waals surface area contributed by atoms with Crippen LogP contribution in [0.2, 0.25) is 0 Å². The molecular weight excluding hydrogens is 322 g/mol. The van der Waals surface area contributed by atoms with Crippen LogP contribution in [-0.2, 0) is 6.61 Å². The predicted molar refractivity (Wildman–Crippen MR) is 79.9 cm³/mol. The number of methoxy groups -OCH3 is 1. The van der Waals surface area contributed by atoms with Crippen LogP contribution in [0.25, 0.3) is 0 Å². The van der Waals surface area contributed by atoms with Gasteiger partial charge in [-0.2, -0.15) is 0 Å². The zero-order valence-electron chi connectivity index (χ0n) is 11.3. The quantitative estimate of drug-likeness (QED) is 0.907. The smallest absolute Gasteiger partial charge is 0.219 e. The first kappa shape index (κ1) is 14.8. The molecule has 1 aromatic heterocycles. The van der Waals surface area contributed by atoms with Crippen molar-refractivity contribution < 1.29 is 14.6 Å². The molecule has 0 spiro atoms. The Morgan fingerprint density at radius 3 is 2.85 bits per heavy atom. The van der Waals surface area contributed by atoms with Crippen LogP contribution in [0.4, 0.5) is 0 Å². The lowest BCUT2D eigenvalue weighted by Gasteiger charge is -2.14. The van der Waals surface area contributed by atoms with E-state index in [0.29, 0.717) is 18.2 Å². The van der Waals surface area contributed by atoms with Crippen molar-refractivity contribution in [2.24, 2.45) is 0 Å². The molecule has 0 bridgehead atoms. The highest BCUT2D eigenvalue weighted by Gasteiger charge is 2.11. The van der Waals surface area contributed by atoms with Crippen LogP contribution in [0.1, 0.15) is 24.2 Å². The third-order valence-electron chi connectivity index (χ3n) is 2.85. The average Bonchev–Trinajstić information content (AvgIpc) is 2.45. The van der Waals surface area contributed by atoms with E-state index in [1.165, 1.54) is 0 Å². The number of aromatic nitrogens is 1. The Labute approximate surface area is 126 Å². The molecule has 20 heavy (non-hydrogen) atoms. The van der Waals surface area contributed by atoms with Crippen molar-refractivity contribution >= 4 is 15.9 Å². The summed E-state index contributed by atoms with van der Waals surface area (Å²) in [7, 11) is 1.58. The highest BCUT2D eigenvalue weighted by molar-refractivity contribution is 9.10. The van der Waals surface area contributed by atoms with Crippen molar-refractivity contribution in [1.82, 2.24) is 4.98 Å². The van der Waals surface area contributed by atoms with E-state index in [9.17, 15) is 5.11 Å². The van der Waals surface area contributed by atoms with E-state index in [1.807, 2.05) is 30.3 Å². The number of nitrogens with zero attached hydrogens (tertiary/aromatic N) is 1. The van der Waals surface area contributed by atoms with Gasteiger partial charge in [0.2, 0.25) is 5.88 Å². The number of hydrogen-bond donors (Lipinski definition) is 1. The Hall–Kier alpha value is -1.59. The van der Waals surface area contributed by atoms with Crippen molar-refractivity contribution in [3.63, 3.8) is 0 Å². The van der Waals surface area contributed by atoms with Crippen LogP contribution in [0.5, 0.6) is 11.6 Å². The zero-order chi connectivity index (χ0) is 14.5. The molecule has 0 aliphatic rings. The summed E-state index contributed by atoms with van der Waals surface area (Å²) in [6.07, 6.45) is 1.08. The molecule has 1 heterocycles. The molecule has 1 atom stereocenters. The average molecular weight is 338 g/mol. The third-order valence-corrected chi connectivity index (χ3v) is 3.35. The van der Waals surface area contributed by atoms with Gasteiger partial charge in [0.15, 0.2) is 0 Å². The van der Waals surface area contributed by atoms with Gasteiger partial charge in [0.1, 0.15) is 12.4 Å². The van der Waals surface area contributed by atoms with E-state index in [1.54, 1.807) is 20.2 Å². The number of aliphatic hydroxyl groups is 1. The molecule has 0 fully saturated rings. The summed E-state index contributed by atoms with van der Waals surface area (Å²) in [6, 6.07) is 9.28. The minimum atomic E-state index is -0.589. The van der Waals surface area contributed by atoms with E-state index >= 15 is 0 Å². The van der Waals surface area contributed by atoms with Crippen molar-refractivity contribution in [1.29, 1.82) is 0 Å². The van der Waals surface area contributed by atoms with Crippen molar-refractivity contribution in [3.8, 4) is 11.6 Å². The molecule has 4 nitrogen and oxygen atoms in total. The number of ether oxygens (including phenoxy) is 2. The Morgan fingerprint density at radius 1 is 1.35 bits per heavy atom. The summed E-state index contributed by atoms with van der Waals surface area (Å²) in [5, 5.41) is 9.76. The normalized spacial score (nSPS) is 12.0. The molecule has 1 aromatic carbocycles. The van der Waals surface area contributed by atoms with Gasteiger partial charge in [-0.3, -0.25) is 0 Å². The minimum Gasteiger partial charge on any atom is -0.488 e. The summed E-state index contributed by atoms with van der Waals surface area (Å²) in [4.78, 5) is 4.12. The molecule has 2 aromatic rings. The fraction of sp³-hybridized carbons (Fsp3) is 0.267. The van der Waals surface area contributed by atoms with Crippen LogP contribution in [-0.4, -0.2) is 17.2 Å². The topological polar surface area (TPSA) is 51.6 Å². The Kier molecular flexibility index (Phi) is 4.98. The molecule has 0 aliphatic heterocycles. The van der Waals surface area contributed by atoms with Gasteiger partial charge in [-0.1, -0.05) is 22.0 Å². The van der Waals surface area contributed by atoms with Gasteiger partial charge >= 0.3 is 0 Å². The van der Waals surface area contributed by atoms with E-state index < -0.39 is 6.10 Å². The molecule has 0 amide bonds. The second kappa shape index (κ2) is 6.72. The monoisotopic (exact) mass is 337 g/mol. The van der Waals surface area contributed by atoms with E-state index in [4.69, 9.17) is 9.47 Å².